The molecule has 0 aromatic carbocycles. The number of amidine groups is 1. The molecule has 0 saturated carbocycles. The highest BCUT2D eigenvalue weighted by atomic mass is 32.1. The summed E-state index contributed by atoms with van der Waals surface area (Å²) < 4.78 is 1.07. The van der Waals surface area contributed by atoms with Gasteiger partial charge in [0.2, 0.25) is 0 Å². The first-order valence-corrected chi connectivity index (χ1v) is 8.36. The lowest BCUT2D eigenvalue weighted by atomic mass is 10.1. The van der Waals surface area contributed by atoms with Crippen LogP contribution in [0.25, 0.3) is 21.3 Å². The normalized spacial score (nSPS) is 12.4. The molecule has 8 heteroatoms. The molecule has 0 saturated heterocycles. The molecule has 0 bridgehead atoms. The van der Waals surface area contributed by atoms with Crippen LogP contribution in [-0.2, 0) is 0 Å². The summed E-state index contributed by atoms with van der Waals surface area (Å²) in [6.45, 7) is 0. The van der Waals surface area contributed by atoms with E-state index in [1.807, 2.05) is 24.3 Å². The van der Waals surface area contributed by atoms with Crippen molar-refractivity contribution in [2.75, 3.05) is 7.05 Å². The Morgan fingerprint density at radius 3 is 2.80 bits per heavy atom. The Hall–Kier alpha value is -3.26. The van der Waals surface area contributed by atoms with Crippen LogP contribution in [0.2, 0.25) is 0 Å². The molecular formula is C17H17N7S. The van der Waals surface area contributed by atoms with Gasteiger partial charge >= 0.3 is 0 Å². The molecule has 7 nitrogen and oxygen atoms in total. The Kier molecular flexibility index (Phi) is 5.00. The van der Waals surface area contributed by atoms with Crippen molar-refractivity contribution in [1.29, 1.82) is 0 Å². The maximum atomic E-state index is 5.86. The summed E-state index contributed by atoms with van der Waals surface area (Å²) >= 11 is 1.62. The van der Waals surface area contributed by atoms with E-state index in [-0.39, 0.29) is 0 Å². The summed E-state index contributed by atoms with van der Waals surface area (Å²) in [6, 6.07) is 7.59. The van der Waals surface area contributed by atoms with E-state index < -0.39 is 0 Å². The van der Waals surface area contributed by atoms with Gasteiger partial charge < -0.3 is 16.8 Å². The minimum atomic E-state index is 0.378. The third-order valence-electron chi connectivity index (χ3n) is 3.33. The average Bonchev–Trinajstić information content (AvgIpc) is 3.04. The van der Waals surface area contributed by atoms with Crippen molar-refractivity contribution in [3.63, 3.8) is 0 Å². The first-order valence-electron chi connectivity index (χ1n) is 7.48. The molecule has 126 valence electrons. The fourth-order valence-corrected chi connectivity index (χ4v) is 3.11. The lowest BCUT2D eigenvalue weighted by Crippen LogP contribution is -2.08. The molecule has 0 spiro atoms. The molecule has 3 aromatic rings. The van der Waals surface area contributed by atoms with E-state index in [0.717, 1.165) is 21.3 Å². The third kappa shape index (κ3) is 3.81. The van der Waals surface area contributed by atoms with E-state index in [0.29, 0.717) is 17.5 Å². The Labute approximate surface area is 148 Å². The van der Waals surface area contributed by atoms with Crippen molar-refractivity contribution in [1.82, 2.24) is 15.3 Å². The minimum absolute atomic E-state index is 0.378. The van der Waals surface area contributed by atoms with Crippen molar-refractivity contribution >= 4 is 45.4 Å². The fraction of sp³-hybridized carbons (Fsp3) is 0.0588. The molecule has 0 unspecified atom stereocenters. The number of nitrogens with zero attached hydrogens (tertiary/aromatic N) is 4. The van der Waals surface area contributed by atoms with Gasteiger partial charge in [-0.1, -0.05) is 0 Å². The number of thiophene rings is 1. The van der Waals surface area contributed by atoms with Crippen molar-refractivity contribution in [3.8, 4) is 11.1 Å². The SMILES string of the molecule is CN/C=C\C(N)=Nc1ccc2scc(-c3ccc(N=CN)nc3)c2n1. The zero-order valence-corrected chi connectivity index (χ0v) is 14.4. The number of fused-ring (bicyclic) bond motifs is 1. The van der Waals surface area contributed by atoms with Crippen LogP contribution in [0.4, 0.5) is 11.6 Å². The number of hydrogen-bond acceptors (Lipinski definition) is 6. The minimum Gasteiger partial charge on any atom is -0.394 e. The summed E-state index contributed by atoms with van der Waals surface area (Å²) in [6.07, 6.45) is 6.37. The van der Waals surface area contributed by atoms with Gasteiger partial charge in [-0.15, -0.1) is 11.3 Å². The molecule has 0 aliphatic carbocycles. The molecule has 5 N–H and O–H groups in total. The smallest absolute Gasteiger partial charge is 0.155 e. The fourth-order valence-electron chi connectivity index (χ4n) is 2.21. The number of aromatic nitrogens is 2. The van der Waals surface area contributed by atoms with Gasteiger partial charge in [0.1, 0.15) is 5.84 Å². The predicted octanol–water partition coefficient (Wildman–Crippen LogP) is 2.70. The second-order valence-electron chi connectivity index (χ2n) is 5.01. The Morgan fingerprint density at radius 2 is 2.08 bits per heavy atom. The number of aliphatic imine (C=N–C) groups is 2. The van der Waals surface area contributed by atoms with E-state index in [1.165, 1.54) is 6.34 Å². The maximum absolute atomic E-state index is 5.86. The van der Waals surface area contributed by atoms with Gasteiger partial charge in [-0.2, -0.15) is 0 Å². The Morgan fingerprint density at radius 1 is 1.24 bits per heavy atom. The second-order valence-corrected chi connectivity index (χ2v) is 5.92. The molecular weight excluding hydrogens is 334 g/mol. The number of nitrogens with two attached hydrogens (primary N) is 2. The topological polar surface area (TPSA) is 115 Å². The number of nitrogens with one attached hydrogen (secondary N) is 1. The zero-order valence-electron chi connectivity index (χ0n) is 13.5. The van der Waals surface area contributed by atoms with Crippen LogP contribution in [-0.4, -0.2) is 29.2 Å². The maximum Gasteiger partial charge on any atom is 0.155 e. The van der Waals surface area contributed by atoms with Gasteiger partial charge in [-0.3, -0.25) is 0 Å². The van der Waals surface area contributed by atoms with Gasteiger partial charge in [0.15, 0.2) is 11.6 Å². The van der Waals surface area contributed by atoms with Crippen LogP contribution in [0.15, 0.2) is 58.1 Å². The van der Waals surface area contributed by atoms with E-state index in [2.05, 4.69) is 30.6 Å². The molecule has 25 heavy (non-hydrogen) atoms. The summed E-state index contributed by atoms with van der Waals surface area (Å²) in [5.41, 5.74) is 14.0. The van der Waals surface area contributed by atoms with E-state index in [1.54, 1.807) is 36.9 Å². The predicted molar refractivity (Wildman–Crippen MR) is 105 cm³/mol. The van der Waals surface area contributed by atoms with Crippen molar-refractivity contribution in [2.45, 2.75) is 0 Å². The molecule has 0 radical (unpaired) electrons. The van der Waals surface area contributed by atoms with Crippen molar-refractivity contribution < 1.29 is 0 Å². The average molecular weight is 351 g/mol. The molecule has 0 fully saturated rings. The quantitative estimate of drug-likeness (QED) is 0.483. The van der Waals surface area contributed by atoms with E-state index >= 15 is 0 Å². The van der Waals surface area contributed by atoms with Crippen molar-refractivity contribution in [3.05, 3.63) is 48.1 Å². The first-order chi connectivity index (χ1) is 12.2. The summed E-state index contributed by atoms with van der Waals surface area (Å²) in [5.74, 6) is 1.50. The van der Waals surface area contributed by atoms with Crippen LogP contribution in [0.3, 0.4) is 0 Å². The summed E-state index contributed by atoms with van der Waals surface area (Å²) in [7, 11) is 1.80. The first kappa shape index (κ1) is 16.6. The Balaban J connectivity index is 1.99. The summed E-state index contributed by atoms with van der Waals surface area (Å²) in [4.78, 5) is 17.2. The highest BCUT2D eigenvalue weighted by Gasteiger charge is 2.09. The number of hydrogen-bond donors (Lipinski definition) is 3. The van der Waals surface area contributed by atoms with Gasteiger partial charge in [-0.05, 0) is 36.5 Å². The molecule has 3 aromatic heterocycles. The highest BCUT2D eigenvalue weighted by molar-refractivity contribution is 7.17. The molecule has 3 heterocycles. The Bertz CT molecular complexity index is 955. The van der Waals surface area contributed by atoms with Crippen LogP contribution in [0.5, 0.6) is 0 Å². The molecule has 0 amide bonds. The second kappa shape index (κ2) is 7.54. The molecule has 0 aliphatic rings. The van der Waals surface area contributed by atoms with Crippen LogP contribution < -0.4 is 16.8 Å². The lowest BCUT2D eigenvalue weighted by Gasteiger charge is -2.01. The van der Waals surface area contributed by atoms with Crippen LogP contribution >= 0.6 is 11.3 Å². The van der Waals surface area contributed by atoms with Gasteiger partial charge in [0.25, 0.3) is 0 Å². The van der Waals surface area contributed by atoms with Gasteiger partial charge in [0.05, 0.1) is 16.6 Å². The van der Waals surface area contributed by atoms with Crippen molar-refractivity contribution in [2.24, 2.45) is 21.5 Å². The zero-order chi connectivity index (χ0) is 17.6. The third-order valence-corrected chi connectivity index (χ3v) is 4.27. The largest absolute Gasteiger partial charge is 0.394 e. The highest BCUT2D eigenvalue weighted by Crippen LogP contribution is 2.34. The molecule has 3 rings (SSSR count). The van der Waals surface area contributed by atoms with E-state index in [4.69, 9.17) is 11.5 Å². The van der Waals surface area contributed by atoms with E-state index in [9.17, 15) is 0 Å². The standard InChI is InChI=1S/C17H17N7S/c1-20-7-6-14(19)23-16-5-3-13-17(24-16)12(9-25-13)11-2-4-15(21-8-11)22-10-18/h2-10,20H,1H3,(H2,18,21,22)(H2,19,23,24)/b7-6-. The van der Waals surface area contributed by atoms with Crippen LogP contribution in [0, 0.1) is 0 Å². The van der Waals surface area contributed by atoms with Gasteiger partial charge in [0, 0.05) is 29.8 Å². The number of rotatable bonds is 5. The lowest BCUT2D eigenvalue weighted by molar-refractivity contribution is 1.10. The monoisotopic (exact) mass is 351 g/mol. The molecule has 0 atom stereocenters. The number of pyridine rings is 2. The van der Waals surface area contributed by atoms with Crippen LogP contribution in [0.1, 0.15) is 0 Å². The summed E-state index contributed by atoms with van der Waals surface area (Å²) in [5, 5.41) is 4.92. The molecule has 0 aliphatic heterocycles. The van der Waals surface area contributed by atoms with Gasteiger partial charge in [-0.25, -0.2) is 20.0 Å².